The predicted octanol–water partition coefficient (Wildman–Crippen LogP) is 4.53. The van der Waals surface area contributed by atoms with Crippen molar-refractivity contribution in [3.8, 4) is 0 Å². The minimum absolute atomic E-state index is 0.0241. The number of ketones is 2. The van der Waals surface area contributed by atoms with Gasteiger partial charge in [0.2, 0.25) is 0 Å². The third-order valence-corrected chi connectivity index (χ3v) is 8.14. The standard InChI is InChI=1S/C25H40O6/c1-16(26)20-14-18(24(20,3)4)10-12-30-22(28)8-7-9-23(29)31-13-11-19-15-21(17(2)27)25(19,5)6/h18-21H,7-15H2,1-6H3/t18-,19-,20-,21-/m1/s1. The lowest BCUT2D eigenvalue weighted by molar-refractivity contribution is -0.150. The van der Waals surface area contributed by atoms with Crippen LogP contribution in [0.5, 0.6) is 0 Å². The fraction of sp³-hybridized carbons (Fsp3) is 0.840. The summed E-state index contributed by atoms with van der Waals surface area (Å²) in [6.07, 6.45) is 4.11. The van der Waals surface area contributed by atoms with Gasteiger partial charge in [-0.05, 0) is 68.6 Å². The van der Waals surface area contributed by atoms with Crippen LogP contribution in [0.15, 0.2) is 0 Å². The van der Waals surface area contributed by atoms with Gasteiger partial charge in [0.15, 0.2) is 0 Å². The molecule has 2 rings (SSSR count). The van der Waals surface area contributed by atoms with Gasteiger partial charge in [0, 0.05) is 24.7 Å². The lowest BCUT2D eigenvalue weighted by Gasteiger charge is -2.51. The van der Waals surface area contributed by atoms with Crippen LogP contribution < -0.4 is 0 Å². The molecule has 0 N–H and O–H groups in total. The lowest BCUT2D eigenvalue weighted by Crippen LogP contribution is -2.48. The third kappa shape index (κ3) is 6.17. The van der Waals surface area contributed by atoms with Crippen LogP contribution in [0.3, 0.4) is 0 Å². The second-order valence-corrected chi connectivity index (χ2v) is 10.7. The van der Waals surface area contributed by atoms with Gasteiger partial charge in [-0.1, -0.05) is 27.7 Å². The second kappa shape index (κ2) is 10.3. The zero-order valence-corrected chi connectivity index (χ0v) is 20.1. The average molecular weight is 437 g/mol. The van der Waals surface area contributed by atoms with Gasteiger partial charge in [0.25, 0.3) is 0 Å². The first-order valence-electron chi connectivity index (χ1n) is 11.7. The van der Waals surface area contributed by atoms with Crippen molar-refractivity contribution in [1.82, 2.24) is 0 Å². The Hall–Kier alpha value is -1.72. The molecule has 0 aromatic carbocycles. The summed E-state index contributed by atoms with van der Waals surface area (Å²) < 4.78 is 10.6. The zero-order chi connectivity index (χ0) is 23.4. The Balaban J connectivity index is 1.51. The van der Waals surface area contributed by atoms with Gasteiger partial charge in [-0.3, -0.25) is 19.2 Å². The number of carbonyl (C=O) groups is 4. The van der Waals surface area contributed by atoms with Gasteiger partial charge in [-0.15, -0.1) is 0 Å². The SMILES string of the molecule is CC(=O)[C@H]1C[C@@H](CCOC(=O)CCCC(=O)OCC[C@@H]2C[C@H](C(C)=O)C2(C)C)C1(C)C. The van der Waals surface area contributed by atoms with Gasteiger partial charge in [0.05, 0.1) is 13.2 Å². The molecule has 0 aromatic heterocycles. The fourth-order valence-electron chi connectivity index (χ4n) is 5.54. The van der Waals surface area contributed by atoms with Crippen LogP contribution in [0, 0.1) is 34.5 Å². The number of hydrogen-bond donors (Lipinski definition) is 0. The first-order chi connectivity index (χ1) is 14.4. The number of carbonyl (C=O) groups excluding carboxylic acids is 4. The molecular formula is C25H40O6. The van der Waals surface area contributed by atoms with E-state index in [1.807, 2.05) is 0 Å². The molecule has 0 heterocycles. The van der Waals surface area contributed by atoms with Crippen molar-refractivity contribution in [1.29, 1.82) is 0 Å². The molecule has 6 heteroatoms. The molecule has 2 fully saturated rings. The molecule has 2 aliphatic rings. The van der Waals surface area contributed by atoms with Crippen molar-refractivity contribution in [2.75, 3.05) is 13.2 Å². The number of esters is 2. The molecule has 0 saturated heterocycles. The van der Waals surface area contributed by atoms with Crippen LogP contribution in [-0.2, 0) is 28.7 Å². The highest BCUT2D eigenvalue weighted by atomic mass is 16.5. The summed E-state index contributed by atoms with van der Waals surface area (Å²) in [5.74, 6) is 0.920. The summed E-state index contributed by atoms with van der Waals surface area (Å²) >= 11 is 0. The van der Waals surface area contributed by atoms with Crippen LogP contribution in [0.4, 0.5) is 0 Å². The molecule has 4 atom stereocenters. The van der Waals surface area contributed by atoms with E-state index in [0.717, 1.165) is 25.7 Å². The van der Waals surface area contributed by atoms with E-state index in [1.165, 1.54) is 0 Å². The minimum atomic E-state index is -0.292. The molecule has 0 radical (unpaired) electrons. The quantitative estimate of drug-likeness (QED) is 0.418. The Morgan fingerprint density at radius 1 is 0.710 bits per heavy atom. The maximum Gasteiger partial charge on any atom is 0.305 e. The summed E-state index contributed by atoms with van der Waals surface area (Å²) in [7, 11) is 0. The molecule has 176 valence electrons. The molecular weight excluding hydrogens is 396 g/mol. The Bertz CT molecular complexity index is 634. The Kier molecular flexibility index (Phi) is 8.46. The van der Waals surface area contributed by atoms with Gasteiger partial charge in [0.1, 0.15) is 11.6 Å². The predicted molar refractivity (Wildman–Crippen MR) is 117 cm³/mol. The molecule has 0 aliphatic heterocycles. The lowest BCUT2D eigenvalue weighted by atomic mass is 9.53. The monoisotopic (exact) mass is 436 g/mol. The van der Waals surface area contributed by atoms with Gasteiger partial charge in [-0.25, -0.2) is 0 Å². The van der Waals surface area contributed by atoms with Crippen LogP contribution in [-0.4, -0.2) is 36.7 Å². The highest BCUT2D eigenvalue weighted by Gasteiger charge is 2.50. The van der Waals surface area contributed by atoms with Crippen molar-refractivity contribution < 1.29 is 28.7 Å². The van der Waals surface area contributed by atoms with E-state index in [9.17, 15) is 19.2 Å². The maximum atomic E-state index is 11.9. The van der Waals surface area contributed by atoms with Crippen molar-refractivity contribution in [2.24, 2.45) is 34.5 Å². The number of rotatable bonds is 12. The van der Waals surface area contributed by atoms with E-state index < -0.39 is 0 Å². The summed E-state index contributed by atoms with van der Waals surface area (Å²) in [5.41, 5.74) is -0.0483. The van der Waals surface area contributed by atoms with E-state index in [0.29, 0.717) is 31.5 Å². The van der Waals surface area contributed by atoms with E-state index in [2.05, 4.69) is 27.7 Å². The fourth-order valence-corrected chi connectivity index (χ4v) is 5.54. The summed E-state index contributed by atoms with van der Waals surface area (Å²) in [5, 5.41) is 0. The summed E-state index contributed by atoms with van der Waals surface area (Å²) in [6, 6.07) is 0. The molecule has 0 aromatic rings. The smallest absolute Gasteiger partial charge is 0.305 e. The van der Waals surface area contributed by atoms with Crippen LogP contribution in [0.1, 0.15) is 86.5 Å². The second-order valence-electron chi connectivity index (χ2n) is 10.7. The Morgan fingerprint density at radius 3 is 1.35 bits per heavy atom. The van der Waals surface area contributed by atoms with Crippen LogP contribution in [0.25, 0.3) is 0 Å². The Morgan fingerprint density at radius 2 is 1.06 bits per heavy atom. The van der Waals surface area contributed by atoms with E-state index in [-0.39, 0.29) is 59.0 Å². The molecule has 0 amide bonds. The Labute approximate surface area is 186 Å². The minimum Gasteiger partial charge on any atom is -0.466 e. The highest BCUT2D eigenvalue weighted by molar-refractivity contribution is 5.80. The summed E-state index contributed by atoms with van der Waals surface area (Å²) in [4.78, 5) is 47.0. The molecule has 2 aliphatic carbocycles. The van der Waals surface area contributed by atoms with Crippen molar-refractivity contribution >= 4 is 23.5 Å². The topological polar surface area (TPSA) is 86.7 Å². The third-order valence-electron chi connectivity index (χ3n) is 8.14. The number of ether oxygens (including phenoxy) is 2. The van der Waals surface area contributed by atoms with Crippen molar-refractivity contribution in [3.05, 3.63) is 0 Å². The van der Waals surface area contributed by atoms with Crippen LogP contribution in [0.2, 0.25) is 0 Å². The van der Waals surface area contributed by atoms with E-state index >= 15 is 0 Å². The zero-order valence-electron chi connectivity index (χ0n) is 20.1. The largest absolute Gasteiger partial charge is 0.466 e. The normalized spacial score (nSPS) is 28.1. The first-order valence-corrected chi connectivity index (χ1v) is 11.7. The van der Waals surface area contributed by atoms with Gasteiger partial charge >= 0.3 is 11.9 Å². The molecule has 2 saturated carbocycles. The maximum absolute atomic E-state index is 11.9. The average Bonchev–Trinajstić information content (AvgIpc) is 2.65. The van der Waals surface area contributed by atoms with Crippen LogP contribution >= 0.6 is 0 Å². The van der Waals surface area contributed by atoms with E-state index in [4.69, 9.17) is 9.47 Å². The highest BCUT2D eigenvalue weighted by Crippen LogP contribution is 2.53. The molecule has 0 unspecified atom stereocenters. The van der Waals surface area contributed by atoms with E-state index in [1.54, 1.807) is 13.8 Å². The number of hydrogen-bond acceptors (Lipinski definition) is 6. The molecule has 6 nitrogen and oxygen atoms in total. The van der Waals surface area contributed by atoms with Gasteiger partial charge in [-0.2, -0.15) is 0 Å². The number of Topliss-reactive ketones (excluding diaryl/α,β-unsaturated/α-hetero) is 2. The van der Waals surface area contributed by atoms with Gasteiger partial charge < -0.3 is 9.47 Å². The van der Waals surface area contributed by atoms with Crippen molar-refractivity contribution in [3.63, 3.8) is 0 Å². The molecule has 0 bridgehead atoms. The molecule has 0 spiro atoms. The van der Waals surface area contributed by atoms with Crippen molar-refractivity contribution in [2.45, 2.75) is 86.5 Å². The molecule has 31 heavy (non-hydrogen) atoms. The first kappa shape index (κ1) is 25.5. The summed E-state index contributed by atoms with van der Waals surface area (Å²) in [6.45, 7) is 12.4.